The first-order valence-corrected chi connectivity index (χ1v) is 6.61. The summed E-state index contributed by atoms with van der Waals surface area (Å²) in [5.41, 5.74) is 0.436. The maximum Gasteiger partial charge on any atom is 0.274 e. The van der Waals surface area contributed by atoms with Crippen molar-refractivity contribution in [2.45, 2.75) is 39.2 Å². The number of nitrogens with one attached hydrogen (secondary N) is 1. The molecule has 2 rings (SSSR count). The number of carbonyl (C=O) groups excluding carboxylic acids is 1. The van der Waals surface area contributed by atoms with Gasteiger partial charge in [0, 0.05) is 19.1 Å². The molecule has 0 spiro atoms. The molecular weight excluding hydrogens is 228 g/mol. The Morgan fingerprint density at radius 1 is 1.44 bits per heavy atom. The van der Waals surface area contributed by atoms with Crippen LogP contribution in [0.25, 0.3) is 0 Å². The van der Waals surface area contributed by atoms with Crippen molar-refractivity contribution < 1.29 is 4.79 Å². The second-order valence-corrected chi connectivity index (χ2v) is 4.68. The highest BCUT2D eigenvalue weighted by atomic mass is 16.2. The zero-order chi connectivity index (χ0) is 13.0. The first kappa shape index (κ1) is 12.8. The van der Waals surface area contributed by atoms with Crippen LogP contribution in [-0.2, 0) is 0 Å². The van der Waals surface area contributed by atoms with Gasteiger partial charge in [0.25, 0.3) is 5.91 Å². The van der Waals surface area contributed by atoms with E-state index in [9.17, 15) is 4.79 Å². The quantitative estimate of drug-likeness (QED) is 0.888. The van der Waals surface area contributed by atoms with Crippen LogP contribution in [0.5, 0.6) is 0 Å². The number of aromatic nitrogens is 2. The second-order valence-electron chi connectivity index (χ2n) is 4.68. The van der Waals surface area contributed by atoms with Crippen LogP contribution in [0.3, 0.4) is 0 Å². The van der Waals surface area contributed by atoms with Crippen LogP contribution in [0.15, 0.2) is 12.1 Å². The summed E-state index contributed by atoms with van der Waals surface area (Å²) in [6.07, 6.45) is 3.36. The molecule has 98 valence electrons. The third kappa shape index (κ3) is 2.78. The lowest BCUT2D eigenvalue weighted by atomic mass is 10.0. The summed E-state index contributed by atoms with van der Waals surface area (Å²) in [6.45, 7) is 5.72. The second kappa shape index (κ2) is 5.80. The van der Waals surface area contributed by atoms with Crippen LogP contribution in [0.4, 0.5) is 5.82 Å². The minimum atomic E-state index is -0.00208. The van der Waals surface area contributed by atoms with Crippen LogP contribution in [0.1, 0.15) is 43.6 Å². The lowest BCUT2D eigenvalue weighted by molar-refractivity contribution is 0.0628. The van der Waals surface area contributed by atoms with Crippen LogP contribution in [-0.4, -0.2) is 40.1 Å². The lowest BCUT2D eigenvalue weighted by Gasteiger charge is -2.33. The molecule has 0 saturated carbocycles. The first-order valence-electron chi connectivity index (χ1n) is 6.61. The Morgan fingerprint density at radius 2 is 2.28 bits per heavy atom. The van der Waals surface area contributed by atoms with E-state index in [2.05, 4.69) is 22.4 Å². The summed E-state index contributed by atoms with van der Waals surface area (Å²) in [7, 11) is 0. The lowest BCUT2D eigenvalue weighted by Crippen LogP contribution is -2.42. The zero-order valence-corrected chi connectivity index (χ0v) is 11.0. The fourth-order valence-corrected chi connectivity index (χ4v) is 2.27. The van der Waals surface area contributed by atoms with Crippen LogP contribution >= 0.6 is 0 Å². The first-order chi connectivity index (χ1) is 8.72. The summed E-state index contributed by atoms with van der Waals surface area (Å²) in [6, 6.07) is 3.86. The monoisotopic (exact) mass is 248 g/mol. The Kier molecular flexibility index (Phi) is 4.12. The third-order valence-corrected chi connectivity index (χ3v) is 3.31. The molecule has 1 amide bonds. The van der Waals surface area contributed by atoms with Crippen molar-refractivity contribution in [2.24, 2.45) is 0 Å². The van der Waals surface area contributed by atoms with Gasteiger partial charge in [0.1, 0.15) is 5.82 Å². The highest BCUT2D eigenvalue weighted by Gasteiger charge is 2.25. The number of carbonyl (C=O) groups is 1. The van der Waals surface area contributed by atoms with Crippen LogP contribution in [0, 0.1) is 0 Å². The molecule has 1 aliphatic heterocycles. The molecule has 1 N–H and O–H groups in total. The molecule has 1 aromatic rings. The minimum Gasteiger partial charge on any atom is -0.369 e. The predicted molar refractivity (Wildman–Crippen MR) is 70.5 cm³/mol. The average Bonchev–Trinajstić information content (AvgIpc) is 2.40. The number of piperidine rings is 1. The number of anilines is 1. The number of hydrogen-bond donors (Lipinski definition) is 1. The molecule has 1 saturated heterocycles. The maximum atomic E-state index is 12.3. The van der Waals surface area contributed by atoms with Gasteiger partial charge in [-0.25, -0.2) is 0 Å². The number of amides is 1. The van der Waals surface area contributed by atoms with Gasteiger partial charge in [-0.2, -0.15) is 0 Å². The molecule has 2 heterocycles. The molecule has 0 aliphatic carbocycles. The fourth-order valence-electron chi connectivity index (χ4n) is 2.27. The van der Waals surface area contributed by atoms with E-state index in [1.807, 2.05) is 11.8 Å². The standard InChI is InChI=1S/C13H20N4O/c1-3-14-12-8-7-11(15-16-12)13(18)17-9-5-4-6-10(17)2/h7-8,10H,3-6,9H2,1-2H3,(H,14,16). The normalized spacial score (nSPS) is 19.7. The summed E-state index contributed by atoms with van der Waals surface area (Å²) in [5, 5.41) is 11.1. The van der Waals surface area contributed by atoms with E-state index in [4.69, 9.17) is 0 Å². The summed E-state index contributed by atoms with van der Waals surface area (Å²) < 4.78 is 0. The molecule has 1 atom stereocenters. The number of hydrogen-bond acceptors (Lipinski definition) is 4. The topological polar surface area (TPSA) is 58.1 Å². The Bertz CT molecular complexity index is 404. The highest BCUT2D eigenvalue weighted by molar-refractivity contribution is 5.92. The van der Waals surface area contributed by atoms with Gasteiger partial charge in [-0.1, -0.05) is 0 Å². The van der Waals surface area contributed by atoms with Gasteiger partial charge in [0.15, 0.2) is 5.69 Å². The highest BCUT2D eigenvalue weighted by Crippen LogP contribution is 2.18. The van der Waals surface area contributed by atoms with Crippen LogP contribution in [0.2, 0.25) is 0 Å². The van der Waals surface area contributed by atoms with Crippen LogP contribution < -0.4 is 5.32 Å². The Labute approximate surface area is 108 Å². The van der Waals surface area contributed by atoms with Crippen molar-refractivity contribution in [3.8, 4) is 0 Å². The summed E-state index contributed by atoms with van der Waals surface area (Å²) in [4.78, 5) is 14.2. The average molecular weight is 248 g/mol. The molecule has 0 bridgehead atoms. The van der Waals surface area contributed by atoms with Crippen molar-refractivity contribution in [3.63, 3.8) is 0 Å². The molecule has 0 aromatic carbocycles. The van der Waals surface area contributed by atoms with E-state index < -0.39 is 0 Å². The number of likely N-dealkylation sites (tertiary alicyclic amines) is 1. The molecule has 1 unspecified atom stereocenters. The van der Waals surface area contributed by atoms with E-state index in [1.165, 1.54) is 6.42 Å². The van der Waals surface area contributed by atoms with E-state index in [0.29, 0.717) is 17.6 Å². The fraction of sp³-hybridized carbons (Fsp3) is 0.615. The summed E-state index contributed by atoms with van der Waals surface area (Å²) in [5.74, 6) is 0.707. The Balaban J connectivity index is 2.08. The van der Waals surface area contributed by atoms with E-state index in [1.54, 1.807) is 12.1 Å². The number of nitrogens with zero attached hydrogens (tertiary/aromatic N) is 3. The minimum absolute atomic E-state index is 0.00208. The van der Waals surface area contributed by atoms with Crippen molar-refractivity contribution >= 4 is 11.7 Å². The molecule has 18 heavy (non-hydrogen) atoms. The van der Waals surface area contributed by atoms with Gasteiger partial charge in [-0.05, 0) is 45.2 Å². The predicted octanol–water partition coefficient (Wildman–Crippen LogP) is 1.92. The largest absolute Gasteiger partial charge is 0.369 e. The number of rotatable bonds is 3. The van der Waals surface area contributed by atoms with E-state index in [0.717, 1.165) is 25.9 Å². The van der Waals surface area contributed by atoms with Gasteiger partial charge < -0.3 is 10.2 Å². The Morgan fingerprint density at radius 3 is 2.89 bits per heavy atom. The molecule has 1 fully saturated rings. The maximum absolute atomic E-state index is 12.3. The molecule has 1 aliphatic rings. The zero-order valence-electron chi connectivity index (χ0n) is 11.0. The molecule has 0 radical (unpaired) electrons. The summed E-state index contributed by atoms with van der Waals surface area (Å²) >= 11 is 0. The van der Waals surface area contributed by atoms with Gasteiger partial charge in [0.05, 0.1) is 0 Å². The van der Waals surface area contributed by atoms with Crippen molar-refractivity contribution in [2.75, 3.05) is 18.4 Å². The van der Waals surface area contributed by atoms with Gasteiger partial charge in [0.2, 0.25) is 0 Å². The smallest absolute Gasteiger partial charge is 0.274 e. The molecule has 1 aromatic heterocycles. The molecule has 5 heteroatoms. The Hall–Kier alpha value is -1.65. The van der Waals surface area contributed by atoms with Crippen molar-refractivity contribution in [1.82, 2.24) is 15.1 Å². The third-order valence-electron chi connectivity index (χ3n) is 3.31. The van der Waals surface area contributed by atoms with Gasteiger partial charge in [-0.15, -0.1) is 10.2 Å². The molecular formula is C13H20N4O. The van der Waals surface area contributed by atoms with Gasteiger partial charge in [-0.3, -0.25) is 4.79 Å². The van der Waals surface area contributed by atoms with E-state index in [-0.39, 0.29) is 5.91 Å². The molecule has 5 nitrogen and oxygen atoms in total. The van der Waals surface area contributed by atoms with E-state index >= 15 is 0 Å². The van der Waals surface area contributed by atoms with Crippen molar-refractivity contribution in [1.29, 1.82) is 0 Å². The SMILES string of the molecule is CCNc1ccc(C(=O)N2CCCCC2C)nn1. The van der Waals surface area contributed by atoms with Crippen molar-refractivity contribution in [3.05, 3.63) is 17.8 Å². The van der Waals surface area contributed by atoms with Gasteiger partial charge >= 0.3 is 0 Å².